The zero-order valence-electron chi connectivity index (χ0n) is 13.3. The van der Waals surface area contributed by atoms with E-state index < -0.39 is 0 Å². The van der Waals surface area contributed by atoms with Crippen molar-refractivity contribution in [2.24, 2.45) is 0 Å². The van der Waals surface area contributed by atoms with Gasteiger partial charge in [-0.05, 0) is 31.9 Å². The molecule has 2 fully saturated rings. The van der Waals surface area contributed by atoms with E-state index >= 15 is 0 Å². The lowest BCUT2D eigenvalue weighted by molar-refractivity contribution is 0.0946. The second-order valence-electron chi connectivity index (χ2n) is 5.82. The Morgan fingerprint density at radius 3 is 2.70 bits per heavy atom. The zero-order chi connectivity index (χ0) is 16.2. The number of aromatic nitrogens is 1. The van der Waals surface area contributed by atoms with E-state index in [9.17, 15) is 9.59 Å². The van der Waals surface area contributed by atoms with Crippen LogP contribution in [0.1, 0.15) is 30.3 Å². The molecule has 3 rings (SSSR count). The highest BCUT2D eigenvalue weighted by atomic mass is 16.6. The molecule has 2 heterocycles. The van der Waals surface area contributed by atoms with Crippen LogP contribution < -0.4 is 10.2 Å². The summed E-state index contributed by atoms with van der Waals surface area (Å²) < 4.78 is 5.02. The Bertz CT molecular complexity index is 580. The normalized spacial score (nSPS) is 17.8. The standard InChI is InChI=1S/C16H22N4O3/c1-2-23-16(22)20-9-7-19(8-10-20)13-5-6-17-14(11-13)15(21)18-12-3-4-12/h5-6,11-12H,2-4,7-10H2,1H3,(H,18,21). The second kappa shape index (κ2) is 6.85. The number of ether oxygens (including phenoxy) is 1. The molecule has 2 aliphatic rings. The van der Waals surface area contributed by atoms with Crippen molar-refractivity contribution in [3.05, 3.63) is 24.0 Å². The van der Waals surface area contributed by atoms with Crippen molar-refractivity contribution in [1.82, 2.24) is 15.2 Å². The lowest BCUT2D eigenvalue weighted by atomic mass is 10.2. The minimum atomic E-state index is -0.258. The van der Waals surface area contributed by atoms with Crippen molar-refractivity contribution in [3.8, 4) is 0 Å². The third kappa shape index (κ3) is 3.91. The van der Waals surface area contributed by atoms with Gasteiger partial charge in [-0.3, -0.25) is 9.78 Å². The van der Waals surface area contributed by atoms with E-state index in [-0.39, 0.29) is 12.0 Å². The quantitative estimate of drug-likeness (QED) is 0.904. The van der Waals surface area contributed by atoms with Crippen LogP contribution in [0.2, 0.25) is 0 Å². The smallest absolute Gasteiger partial charge is 0.409 e. The number of rotatable bonds is 4. The molecule has 1 aliphatic carbocycles. The topological polar surface area (TPSA) is 74.8 Å². The molecule has 1 aliphatic heterocycles. The molecular formula is C16H22N4O3. The number of carbonyl (C=O) groups is 2. The van der Waals surface area contributed by atoms with E-state index in [2.05, 4.69) is 15.2 Å². The number of nitrogens with zero attached hydrogens (tertiary/aromatic N) is 3. The number of carbonyl (C=O) groups excluding carboxylic acids is 2. The molecule has 23 heavy (non-hydrogen) atoms. The maximum absolute atomic E-state index is 12.1. The van der Waals surface area contributed by atoms with Gasteiger partial charge in [0, 0.05) is 44.1 Å². The van der Waals surface area contributed by atoms with Gasteiger partial charge in [-0.1, -0.05) is 0 Å². The van der Waals surface area contributed by atoms with Crippen molar-refractivity contribution in [1.29, 1.82) is 0 Å². The molecule has 0 aromatic carbocycles. The molecule has 0 radical (unpaired) electrons. The average molecular weight is 318 g/mol. The summed E-state index contributed by atoms with van der Waals surface area (Å²) in [5.74, 6) is -0.112. The summed E-state index contributed by atoms with van der Waals surface area (Å²) in [6, 6.07) is 4.03. The average Bonchev–Trinajstić information content (AvgIpc) is 3.39. The summed E-state index contributed by atoms with van der Waals surface area (Å²) in [7, 11) is 0. The molecule has 124 valence electrons. The minimum Gasteiger partial charge on any atom is -0.450 e. The summed E-state index contributed by atoms with van der Waals surface area (Å²) in [6.45, 7) is 4.86. The van der Waals surface area contributed by atoms with Crippen molar-refractivity contribution in [2.75, 3.05) is 37.7 Å². The Hall–Kier alpha value is -2.31. The van der Waals surface area contributed by atoms with Crippen LogP contribution in [0, 0.1) is 0 Å². The highest BCUT2D eigenvalue weighted by molar-refractivity contribution is 5.93. The van der Waals surface area contributed by atoms with Gasteiger partial charge in [-0.15, -0.1) is 0 Å². The van der Waals surface area contributed by atoms with Gasteiger partial charge in [0.2, 0.25) is 0 Å². The monoisotopic (exact) mass is 318 g/mol. The van der Waals surface area contributed by atoms with E-state index in [1.54, 1.807) is 18.0 Å². The second-order valence-corrected chi connectivity index (χ2v) is 5.82. The number of pyridine rings is 1. The number of piperazine rings is 1. The summed E-state index contributed by atoms with van der Waals surface area (Å²) in [6.07, 6.45) is 3.52. The number of nitrogens with one attached hydrogen (secondary N) is 1. The van der Waals surface area contributed by atoms with Gasteiger partial charge in [0.05, 0.1) is 6.61 Å². The first kappa shape index (κ1) is 15.6. The molecule has 0 bridgehead atoms. The van der Waals surface area contributed by atoms with Gasteiger partial charge in [-0.25, -0.2) is 4.79 Å². The number of hydrogen-bond donors (Lipinski definition) is 1. The third-order valence-corrected chi connectivity index (χ3v) is 4.06. The van der Waals surface area contributed by atoms with Crippen LogP contribution in [0.5, 0.6) is 0 Å². The van der Waals surface area contributed by atoms with Gasteiger partial charge < -0.3 is 19.9 Å². The summed E-state index contributed by atoms with van der Waals surface area (Å²) >= 11 is 0. The number of amides is 2. The van der Waals surface area contributed by atoms with Gasteiger partial charge in [-0.2, -0.15) is 0 Å². The molecule has 1 saturated heterocycles. The van der Waals surface area contributed by atoms with Gasteiger partial charge in [0.1, 0.15) is 5.69 Å². The Kier molecular flexibility index (Phi) is 4.64. The van der Waals surface area contributed by atoms with E-state index in [4.69, 9.17) is 4.74 Å². The Morgan fingerprint density at radius 1 is 1.30 bits per heavy atom. The fourth-order valence-electron chi connectivity index (χ4n) is 2.59. The lowest BCUT2D eigenvalue weighted by Crippen LogP contribution is -2.49. The van der Waals surface area contributed by atoms with Crippen molar-refractivity contribution in [3.63, 3.8) is 0 Å². The van der Waals surface area contributed by atoms with E-state index in [0.717, 1.165) is 18.5 Å². The first-order valence-corrected chi connectivity index (χ1v) is 8.11. The number of anilines is 1. The van der Waals surface area contributed by atoms with E-state index in [1.165, 1.54) is 0 Å². The lowest BCUT2D eigenvalue weighted by Gasteiger charge is -2.35. The largest absolute Gasteiger partial charge is 0.450 e. The molecule has 1 aromatic rings. The molecule has 0 unspecified atom stereocenters. The zero-order valence-corrected chi connectivity index (χ0v) is 13.3. The van der Waals surface area contributed by atoms with Crippen LogP contribution in [0.25, 0.3) is 0 Å². The highest BCUT2D eigenvalue weighted by Gasteiger charge is 2.25. The molecular weight excluding hydrogens is 296 g/mol. The molecule has 1 saturated carbocycles. The van der Waals surface area contributed by atoms with Crippen LogP contribution in [-0.2, 0) is 4.74 Å². The fourth-order valence-corrected chi connectivity index (χ4v) is 2.59. The highest BCUT2D eigenvalue weighted by Crippen LogP contribution is 2.21. The van der Waals surface area contributed by atoms with Crippen molar-refractivity contribution >= 4 is 17.7 Å². The van der Waals surface area contributed by atoms with Crippen LogP contribution in [0.15, 0.2) is 18.3 Å². The molecule has 2 amide bonds. The molecule has 1 aromatic heterocycles. The fraction of sp³-hybridized carbons (Fsp3) is 0.562. The van der Waals surface area contributed by atoms with Crippen molar-refractivity contribution < 1.29 is 14.3 Å². The Balaban J connectivity index is 1.59. The van der Waals surface area contributed by atoms with Gasteiger partial charge in [0.25, 0.3) is 5.91 Å². The summed E-state index contributed by atoms with van der Waals surface area (Å²) in [5, 5.41) is 2.95. The van der Waals surface area contributed by atoms with E-state index in [1.807, 2.05) is 12.1 Å². The van der Waals surface area contributed by atoms with Crippen LogP contribution in [-0.4, -0.2) is 60.7 Å². The van der Waals surface area contributed by atoms with Crippen LogP contribution in [0.4, 0.5) is 10.5 Å². The first-order chi connectivity index (χ1) is 11.2. The van der Waals surface area contributed by atoms with Gasteiger partial charge >= 0.3 is 6.09 Å². The number of hydrogen-bond acceptors (Lipinski definition) is 5. The SMILES string of the molecule is CCOC(=O)N1CCN(c2ccnc(C(=O)NC3CC3)c2)CC1. The predicted molar refractivity (Wildman–Crippen MR) is 85.5 cm³/mol. The van der Waals surface area contributed by atoms with Crippen LogP contribution in [0.3, 0.4) is 0 Å². The maximum Gasteiger partial charge on any atom is 0.409 e. The summed E-state index contributed by atoms with van der Waals surface area (Å²) in [5.41, 5.74) is 1.41. The maximum atomic E-state index is 12.1. The molecule has 1 N–H and O–H groups in total. The van der Waals surface area contributed by atoms with Crippen LogP contribution >= 0.6 is 0 Å². The van der Waals surface area contributed by atoms with E-state index in [0.29, 0.717) is 44.5 Å². The Morgan fingerprint density at radius 2 is 2.04 bits per heavy atom. The Labute approximate surface area is 135 Å². The molecule has 0 spiro atoms. The molecule has 7 heteroatoms. The van der Waals surface area contributed by atoms with Crippen molar-refractivity contribution in [2.45, 2.75) is 25.8 Å². The minimum absolute atomic E-state index is 0.112. The summed E-state index contributed by atoms with van der Waals surface area (Å²) in [4.78, 5) is 31.8. The predicted octanol–water partition coefficient (Wildman–Crippen LogP) is 1.25. The van der Waals surface area contributed by atoms with Gasteiger partial charge in [0.15, 0.2) is 0 Å². The molecule has 0 atom stereocenters. The molecule has 7 nitrogen and oxygen atoms in total. The third-order valence-electron chi connectivity index (χ3n) is 4.06. The first-order valence-electron chi connectivity index (χ1n) is 8.11.